The summed E-state index contributed by atoms with van der Waals surface area (Å²) in [5, 5.41) is 5.22. The predicted octanol–water partition coefficient (Wildman–Crippen LogP) is 4.05. The molecule has 0 unspecified atom stereocenters. The van der Waals surface area contributed by atoms with E-state index < -0.39 is 0 Å². The van der Waals surface area contributed by atoms with Gasteiger partial charge in [-0.1, -0.05) is 28.1 Å². The maximum Gasteiger partial charge on any atom is 0.255 e. The highest BCUT2D eigenvalue weighted by Gasteiger charge is 2.15. The lowest BCUT2D eigenvalue weighted by atomic mass is 10.2. The summed E-state index contributed by atoms with van der Waals surface area (Å²) in [7, 11) is 1.80. The van der Waals surface area contributed by atoms with Gasteiger partial charge < -0.3 is 4.90 Å². The highest BCUT2D eigenvalue weighted by molar-refractivity contribution is 9.10. The molecule has 0 saturated carbocycles. The Bertz CT molecular complexity index is 870. The van der Waals surface area contributed by atoms with Crippen molar-refractivity contribution in [1.29, 1.82) is 0 Å². The van der Waals surface area contributed by atoms with Crippen molar-refractivity contribution >= 4 is 32.9 Å². The summed E-state index contributed by atoms with van der Waals surface area (Å²) in [5.41, 5.74) is 2.46. The molecular formula is C18H19BrN4O. The van der Waals surface area contributed by atoms with Crippen LogP contribution in [0.15, 0.2) is 47.2 Å². The minimum absolute atomic E-state index is 0.0513. The van der Waals surface area contributed by atoms with Crippen molar-refractivity contribution in [3.8, 4) is 0 Å². The summed E-state index contributed by atoms with van der Waals surface area (Å²) >= 11 is 3.42. The van der Waals surface area contributed by atoms with Gasteiger partial charge in [0.05, 0.1) is 11.8 Å². The van der Waals surface area contributed by atoms with Gasteiger partial charge in [0, 0.05) is 35.7 Å². The van der Waals surface area contributed by atoms with Crippen LogP contribution in [0.3, 0.4) is 0 Å². The van der Waals surface area contributed by atoms with E-state index in [1.54, 1.807) is 24.3 Å². The lowest BCUT2D eigenvalue weighted by Crippen LogP contribution is -2.26. The molecule has 5 nitrogen and oxygen atoms in total. The van der Waals surface area contributed by atoms with Crippen molar-refractivity contribution in [2.75, 3.05) is 7.05 Å². The standard InChI is InChI=1S/C18H19BrN4O/c1-12(2)23-17-14(10-21-23)8-15(9-20-17)18(24)22(3)11-13-4-6-16(19)7-5-13/h4-10,12H,11H2,1-3H3. The van der Waals surface area contributed by atoms with Gasteiger partial charge >= 0.3 is 0 Å². The number of fused-ring (bicyclic) bond motifs is 1. The summed E-state index contributed by atoms with van der Waals surface area (Å²) in [6, 6.07) is 10.0. The van der Waals surface area contributed by atoms with E-state index in [0.29, 0.717) is 12.1 Å². The molecule has 6 heteroatoms. The van der Waals surface area contributed by atoms with Crippen LogP contribution in [0.2, 0.25) is 0 Å². The lowest BCUT2D eigenvalue weighted by molar-refractivity contribution is 0.0785. The van der Waals surface area contributed by atoms with E-state index in [4.69, 9.17) is 0 Å². The molecular weight excluding hydrogens is 368 g/mol. The summed E-state index contributed by atoms with van der Waals surface area (Å²) in [5.74, 6) is -0.0513. The quantitative estimate of drug-likeness (QED) is 0.679. The molecule has 0 saturated heterocycles. The number of amides is 1. The van der Waals surface area contributed by atoms with E-state index in [9.17, 15) is 4.79 Å². The van der Waals surface area contributed by atoms with Gasteiger partial charge in [-0.05, 0) is 37.6 Å². The van der Waals surface area contributed by atoms with Crippen LogP contribution >= 0.6 is 15.9 Å². The molecule has 0 bridgehead atoms. The average Bonchev–Trinajstić information content (AvgIpc) is 2.99. The molecule has 124 valence electrons. The van der Waals surface area contributed by atoms with E-state index in [0.717, 1.165) is 21.1 Å². The summed E-state index contributed by atoms with van der Waals surface area (Å²) in [6.07, 6.45) is 3.39. The maximum atomic E-state index is 12.6. The van der Waals surface area contributed by atoms with Gasteiger partial charge in [0.2, 0.25) is 0 Å². The zero-order valence-corrected chi connectivity index (χ0v) is 15.5. The highest BCUT2D eigenvalue weighted by Crippen LogP contribution is 2.18. The van der Waals surface area contributed by atoms with Gasteiger partial charge in [0.25, 0.3) is 5.91 Å². The molecule has 1 aromatic carbocycles. The zero-order chi connectivity index (χ0) is 17.3. The molecule has 2 aromatic heterocycles. The molecule has 0 aliphatic rings. The fourth-order valence-electron chi connectivity index (χ4n) is 2.59. The average molecular weight is 387 g/mol. The first kappa shape index (κ1) is 16.6. The van der Waals surface area contributed by atoms with Crippen LogP contribution in [0.25, 0.3) is 11.0 Å². The summed E-state index contributed by atoms with van der Waals surface area (Å²) in [4.78, 5) is 18.8. The van der Waals surface area contributed by atoms with Gasteiger partial charge in [0.1, 0.15) is 0 Å². The number of benzene rings is 1. The van der Waals surface area contributed by atoms with Crippen molar-refractivity contribution in [2.45, 2.75) is 26.4 Å². The number of pyridine rings is 1. The Morgan fingerprint density at radius 2 is 1.96 bits per heavy atom. The van der Waals surface area contributed by atoms with Gasteiger partial charge in [-0.15, -0.1) is 0 Å². The Morgan fingerprint density at radius 3 is 2.62 bits per heavy atom. The topological polar surface area (TPSA) is 51.0 Å². The van der Waals surface area contributed by atoms with E-state index in [1.807, 2.05) is 35.0 Å². The smallest absolute Gasteiger partial charge is 0.255 e. The first-order valence-corrected chi connectivity index (χ1v) is 8.58. The Hall–Kier alpha value is -2.21. The van der Waals surface area contributed by atoms with Crippen LogP contribution in [-0.2, 0) is 6.54 Å². The molecule has 0 N–H and O–H groups in total. The fourth-order valence-corrected chi connectivity index (χ4v) is 2.86. The molecule has 0 aliphatic heterocycles. The third-order valence-corrected chi connectivity index (χ3v) is 4.38. The third kappa shape index (κ3) is 3.33. The second kappa shape index (κ2) is 6.73. The van der Waals surface area contributed by atoms with E-state index in [-0.39, 0.29) is 11.9 Å². The molecule has 1 amide bonds. The van der Waals surface area contributed by atoms with Crippen LogP contribution in [-0.4, -0.2) is 32.6 Å². The number of hydrogen-bond donors (Lipinski definition) is 0. The van der Waals surface area contributed by atoms with Gasteiger partial charge in [0.15, 0.2) is 5.65 Å². The molecule has 2 heterocycles. The molecule has 0 fully saturated rings. The number of rotatable bonds is 4. The Morgan fingerprint density at radius 1 is 1.25 bits per heavy atom. The van der Waals surface area contributed by atoms with Gasteiger partial charge in [-0.25, -0.2) is 9.67 Å². The van der Waals surface area contributed by atoms with Crippen molar-refractivity contribution in [2.24, 2.45) is 0 Å². The number of hydrogen-bond acceptors (Lipinski definition) is 3. The third-order valence-electron chi connectivity index (χ3n) is 3.85. The van der Waals surface area contributed by atoms with Crippen molar-refractivity contribution in [3.63, 3.8) is 0 Å². The number of nitrogens with zero attached hydrogens (tertiary/aromatic N) is 4. The molecule has 0 radical (unpaired) electrons. The summed E-state index contributed by atoms with van der Waals surface area (Å²) < 4.78 is 2.88. The number of carbonyl (C=O) groups is 1. The fraction of sp³-hybridized carbons (Fsp3) is 0.278. The Labute approximate surface area is 149 Å². The molecule has 0 aliphatic carbocycles. The first-order chi connectivity index (χ1) is 11.5. The molecule has 0 spiro atoms. The predicted molar refractivity (Wildman–Crippen MR) is 97.9 cm³/mol. The SMILES string of the molecule is CC(C)n1ncc2cc(C(=O)N(C)Cc3ccc(Br)cc3)cnc21. The zero-order valence-electron chi connectivity index (χ0n) is 13.9. The van der Waals surface area contributed by atoms with Crippen LogP contribution in [0.5, 0.6) is 0 Å². The lowest BCUT2D eigenvalue weighted by Gasteiger charge is -2.17. The Balaban J connectivity index is 1.81. The maximum absolute atomic E-state index is 12.6. The van der Waals surface area contributed by atoms with Crippen molar-refractivity contribution in [3.05, 3.63) is 58.3 Å². The largest absolute Gasteiger partial charge is 0.337 e. The van der Waals surface area contributed by atoms with Crippen molar-refractivity contribution in [1.82, 2.24) is 19.7 Å². The van der Waals surface area contributed by atoms with Crippen LogP contribution in [0, 0.1) is 0 Å². The van der Waals surface area contributed by atoms with E-state index >= 15 is 0 Å². The monoisotopic (exact) mass is 386 g/mol. The van der Waals surface area contributed by atoms with E-state index in [1.165, 1.54) is 0 Å². The normalized spacial score (nSPS) is 11.2. The molecule has 3 aromatic rings. The number of carbonyl (C=O) groups excluding carboxylic acids is 1. The Kier molecular flexibility index (Phi) is 4.66. The molecule has 0 atom stereocenters. The van der Waals surface area contributed by atoms with Crippen LogP contribution in [0.1, 0.15) is 35.8 Å². The van der Waals surface area contributed by atoms with Crippen LogP contribution < -0.4 is 0 Å². The number of aromatic nitrogens is 3. The highest BCUT2D eigenvalue weighted by atomic mass is 79.9. The minimum Gasteiger partial charge on any atom is -0.337 e. The van der Waals surface area contributed by atoms with Gasteiger partial charge in [-0.2, -0.15) is 5.10 Å². The van der Waals surface area contributed by atoms with Crippen LogP contribution in [0.4, 0.5) is 0 Å². The summed E-state index contributed by atoms with van der Waals surface area (Å²) in [6.45, 7) is 4.66. The first-order valence-electron chi connectivity index (χ1n) is 7.79. The second-order valence-corrected chi connectivity index (χ2v) is 7.02. The second-order valence-electron chi connectivity index (χ2n) is 6.11. The number of halogens is 1. The molecule has 3 rings (SSSR count). The van der Waals surface area contributed by atoms with E-state index in [2.05, 4.69) is 39.9 Å². The molecule has 24 heavy (non-hydrogen) atoms. The van der Waals surface area contributed by atoms with Gasteiger partial charge in [-0.3, -0.25) is 4.79 Å². The van der Waals surface area contributed by atoms with Crippen molar-refractivity contribution < 1.29 is 4.79 Å². The minimum atomic E-state index is -0.0513.